The van der Waals surface area contributed by atoms with Crippen LogP contribution >= 0.6 is 11.8 Å². The van der Waals surface area contributed by atoms with Crippen molar-refractivity contribution in [1.29, 1.82) is 5.26 Å². The number of aromatic nitrogens is 3. The minimum atomic E-state index is -0.570. The van der Waals surface area contributed by atoms with E-state index in [1.54, 1.807) is 12.1 Å². The number of benzene rings is 2. The summed E-state index contributed by atoms with van der Waals surface area (Å²) in [5.74, 6) is 0.0892. The van der Waals surface area contributed by atoms with Crippen LogP contribution in [0.25, 0.3) is 32.9 Å². The highest BCUT2D eigenvalue weighted by atomic mass is 32.2. The zero-order chi connectivity index (χ0) is 29.1. The Morgan fingerprint density at radius 2 is 1.76 bits per heavy atom. The number of nitrogens with zero attached hydrogens (tertiary/aromatic N) is 6. The van der Waals surface area contributed by atoms with Crippen LogP contribution in [0.1, 0.15) is 44.9 Å². The average Bonchev–Trinajstić information content (AvgIpc) is 3.22. The third-order valence-corrected chi connectivity index (χ3v) is 8.32. The fourth-order valence-electron chi connectivity index (χ4n) is 6.12. The van der Waals surface area contributed by atoms with Gasteiger partial charge < -0.3 is 9.64 Å². The van der Waals surface area contributed by atoms with Gasteiger partial charge in [-0.15, -0.1) is 0 Å². The van der Waals surface area contributed by atoms with Crippen molar-refractivity contribution < 1.29 is 13.9 Å². The average molecular weight is 571 g/mol. The molecule has 0 spiro atoms. The molecule has 6 rings (SSSR count). The highest BCUT2D eigenvalue weighted by Crippen LogP contribution is 2.40. The minimum absolute atomic E-state index is 0.0242. The summed E-state index contributed by atoms with van der Waals surface area (Å²) in [7, 11) is 0. The second kappa shape index (κ2) is 10.1. The van der Waals surface area contributed by atoms with Crippen molar-refractivity contribution >= 4 is 45.3 Å². The highest BCUT2D eigenvalue weighted by Gasteiger charge is 2.45. The third-order valence-electron chi connectivity index (χ3n) is 7.78. The van der Waals surface area contributed by atoms with E-state index in [4.69, 9.17) is 14.7 Å². The number of piperazine rings is 1. The van der Waals surface area contributed by atoms with Crippen LogP contribution in [0.4, 0.5) is 15.0 Å². The molecule has 4 heterocycles. The van der Waals surface area contributed by atoms with Gasteiger partial charge in [0.15, 0.2) is 11.0 Å². The number of nitriles is 1. The van der Waals surface area contributed by atoms with Gasteiger partial charge in [-0.25, -0.2) is 24.1 Å². The number of aryl methyl sites for hydroxylation is 1. The zero-order valence-electron chi connectivity index (χ0n) is 23.7. The molecular weight excluding hydrogens is 539 g/mol. The first-order valence-corrected chi connectivity index (χ1v) is 14.9. The molecule has 2 bridgehead atoms. The number of pyridine rings is 1. The Labute approximate surface area is 242 Å². The number of fused-ring (bicyclic) bond motifs is 4. The van der Waals surface area contributed by atoms with Gasteiger partial charge in [-0.2, -0.15) is 5.26 Å². The Hall–Kier alpha value is -3.97. The van der Waals surface area contributed by atoms with Crippen molar-refractivity contribution in [3.63, 3.8) is 0 Å². The molecule has 0 aliphatic carbocycles. The van der Waals surface area contributed by atoms with Crippen molar-refractivity contribution in [2.24, 2.45) is 0 Å². The van der Waals surface area contributed by atoms with E-state index in [9.17, 15) is 10.1 Å². The Morgan fingerprint density at radius 3 is 2.39 bits per heavy atom. The molecule has 2 atom stereocenters. The fraction of sp³-hybridized carbons (Fsp3) is 0.387. The lowest BCUT2D eigenvalue weighted by atomic mass is 9.96. The summed E-state index contributed by atoms with van der Waals surface area (Å²) in [5.41, 5.74) is 1.41. The Bertz CT molecular complexity index is 1730. The summed E-state index contributed by atoms with van der Waals surface area (Å²) in [5, 5.41) is 12.3. The molecule has 2 aliphatic rings. The van der Waals surface area contributed by atoms with Gasteiger partial charge in [-0.1, -0.05) is 42.1 Å². The Morgan fingerprint density at radius 1 is 1.07 bits per heavy atom. The number of carbonyl (C=O) groups excluding carboxylic acids is 1. The first-order valence-electron chi connectivity index (χ1n) is 13.7. The number of amides is 1. The maximum atomic E-state index is 16.5. The molecule has 210 valence electrons. The number of rotatable bonds is 3. The highest BCUT2D eigenvalue weighted by molar-refractivity contribution is 7.98. The zero-order valence-corrected chi connectivity index (χ0v) is 24.5. The van der Waals surface area contributed by atoms with E-state index in [-0.39, 0.29) is 29.4 Å². The summed E-state index contributed by atoms with van der Waals surface area (Å²) in [4.78, 5) is 31.3. The van der Waals surface area contributed by atoms with Crippen molar-refractivity contribution in [3.05, 3.63) is 53.5 Å². The van der Waals surface area contributed by atoms with Gasteiger partial charge >= 0.3 is 6.09 Å². The lowest BCUT2D eigenvalue weighted by Crippen LogP contribution is -2.57. The van der Waals surface area contributed by atoms with Crippen molar-refractivity contribution in [2.75, 3.05) is 24.2 Å². The van der Waals surface area contributed by atoms with Crippen LogP contribution in [0.5, 0.6) is 0 Å². The van der Waals surface area contributed by atoms with E-state index in [1.165, 1.54) is 11.8 Å². The van der Waals surface area contributed by atoms with Crippen molar-refractivity contribution in [1.82, 2.24) is 19.9 Å². The molecule has 0 saturated carbocycles. The normalized spacial score (nSPS) is 18.7. The molecule has 41 heavy (non-hydrogen) atoms. The quantitative estimate of drug-likeness (QED) is 0.204. The number of ether oxygens (including phenoxy) is 1. The molecular formula is C31H31FN6O2S. The lowest BCUT2D eigenvalue weighted by Gasteiger charge is -2.42. The van der Waals surface area contributed by atoms with Gasteiger partial charge in [0, 0.05) is 24.0 Å². The number of hydrogen-bond donors (Lipinski definition) is 0. The van der Waals surface area contributed by atoms with Gasteiger partial charge in [0.1, 0.15) is 22.6 Å². The molecule has 4 aromatic rings. The molecule has 10 heteroatoms. The van der Waals surface area contributed by atoms with Crippen LogP contribution in [-0.2, 0) is 4.74 Å². The van der Waals surface area contributed by atoms with E-state index in [2.05, 4.69) is 16.0 Å². The van der Waals surface area contributed by atoms with Crippen molar-refractivity contribution in [2.45, 2.75) is 63.4 Å². The molecule has 2 aromatic heterocycles. The van der Waals surface area contributed by atoms with E-state index < -0.39 is 11.4 Å². The third kappa shape index (κ3) is 4.72. The van der Waals surface area contributed by atoms with Gasteiger partial charge in [0.05, 0.1) is 34.8 Å². The van der Waals surface area contributed by atoms with Gasteiger partial charge in [0.25, 0.3) is 0 Å². The predicted molar refractivity (Wildman–Crippen MR) is 159 cm³/mol. The molecule has 2 aliphatic heterocycles. The summed E-state index contributed by atoms with van der Waals surface area (Å²) in [6.07, 6.45) is 3.32. The maximum Gasteiger partial charge on any atom is 0.410 e. The van der Waals surface area contributed by atoms with Crippen LogP contribution in [0.15, 0.2) is 41.6 Å². The van der Waals surface area contributed by atoms with Gasteiger partial charge in [0.2, 0.25) is 0 Å². The first kappa shape index (κ1) is 27.2. The molecule has 2 aromatic carbocycles. The second-order valence-corrected chi connectivity index (χ2v) is 12.4. The summed E-state index contributed by atoms with van der Waals surface area (Å²) in [6.45, 7) is 8.59. The Kier molecular flexibility index (Phi) is 6.73. The molecule has 8 nitrogen and oxygen atoms in total. The van der Waals surface area contributed by atoms with Gasteiger partial charge in [-0.3, -0.25) is 4.90 Å². The largest absolute Gasteiger partial charge is 0.444 e. The molecule has 2 fully saturated rings. The number of anilines is 1. The maximum absolute atomic E-state index is 16.5. The van der Waals surface area contributed by atoms with E-state index in [1.807, 2.05) is 63.1 Å². The smallest absolute Gasteiger partial charge is 0.410 e. The lowest BCUT2D eigenvalue weighted by molar-refractivity contribution is 0.0123. The summed E-state index contributed by atoms with van der Waals surface area (Å²) < 4.78 is 22.2. The Balaban J connectivity index is 1.46. The summed E-state index contributed by atoms with van der Waals surface area (Å²) in [6, 6.07) is 13.2. The molecule has 0 N–H and O–H groups in total. The number of thioether (sulfide) groups is 1. The van der Waals surface area contributed by atoms with Crippen LogP contribution in [0.3, 0.4) is 0 Å². The van der Waals surface area contributed by atoms with Crippen LogP contribution < -0.4 is 4.90 Å². The van der Waals surface area contributed by atoms with E-state index in [0.29, 0.717) is 51.7 Å². The van der Waals surface area contributed by atoms with Crippen LogP contribution in [0.2, 0.25) is 0 Å². The van der Waals surface area contributed by atoms with Crippen LogP contribution in [0, 0.1) is 24.1 Å². The topological polar surface area (TPSA) is 95.2 Å². The molecule has 0 radical (unpaired) electrons. The second-order valence-electron chi connectivity index (χ2n) is 11.6. The number of carbonyl (C=O) groups is 1. The van der Waals surface area contributed by atoms with E-state index >= 15 is 4.39 Å². The molecule has 0 unspecified atom stereocenters. The van der Waals surface area contributed by atoms with Gasteiger partial charge in [-0.05, 0) is 58.2 Å². The monoisotopic (exact) mass is 570 g/mol. The van der Waals surface area contributed by atoms with Crippen molar-refractivity contribution in [3.8, 4) is 17.3 Å². The van der Waals surface area contributed by atoms with Crippen LogP contribution in [-0.4, -0.2) is 63.0 Å². The molecule has 1 amide bonds. The first-order chi connectivity index (χ1) is 19.6. The minimum Gasteiger partial charge on any atom is -0.444 e. The predicted octanol–water partition coefficient (Wildman–Crippen LogP) is 6.47. The molecule has 2 saturated heterocycles. The standard InChI is InChI=1S/C31H31FN6O2S/c1-17-23-27(25(32)26(34-17)22-11-7-9-18-8-6-10-19(14-33)24(18)22)35-29(41-5)36-28(23)37-15-20-12-13-21(16-37)38(20)30(39)40-31(2,3)4/h6-11,20-21H,12-13,15-16H2,1-5H3/t20-,21+. The van der Waals surface area contributed by atoms with E-state index in [0.717, 1.165) is 18.2 Å². The fourth-order valence-corrected chi connectivity index (χ4v) is 6.48. The number of halogens is 1. The SMILES string of the molecule is CSc1nc(N2C[C@H]3CC[C@@H](C2)N3C(=O)OC(C)(C)C)c2c(C)nc(-c3cccc4cccc(C#N)c34)c(F)c2n1. The summed E-state index contributed by atoms with van der Waals surface area (Å²) >= 11 is 1.35. The number of hydrogen-bond acceptors (Lipinski definition) is 8.